The summed E-state index contributed by atoms with van der Waals surface area (Å²) >= 11 is 3.33. The number of likely N-dealkylation sites (N-methyl/N-ethyl adjacent to an activating group) is 1. The van der Waals surface area contributed by atoms with Crippen LogP contribution >= 0.6 is 15.9 Å². The van der Waals surface area contributed by atoms with Crippen LogP contribution < -0.4 is 4.90 Å². The second-order valence-electron chi connectivity index (χ2n) is 6.05. The highest BCUT2D eigenvalue weighted by Gasteiger charge is 2.40. The Hall–Kier alpha value is -1.29. The number of ketones is 1. The fraction of sp³-hybridized carbons (Fsp3) is 0.500. The number of carbonyl (C=O) groups excluding carboxylic acids is 2. The number of sulfonamides is 1. The number of methoxy groups -OCH3 is 1. The molecule has 1 fully saturated rings. The lowest BCUT2D eigenvalue weighted by molar-refractivity contribution is -0.114. The van der Waals surface area contributed by atoms with Gasteiger partial charge in [-0.05, 0) is 47.8 Å². The summed E-state index contributed by atoms with van der Waals surface area (Å²) in [6, 6.07) is 2.56. The Bertz CT molecular complexity index is 839. The number of carbonyl (C=O) groups is 2. The quantitative estimate of drug-likeness (QED) is 0.664. The van der Waals surface area contributed by atoms with Crippen molar-refractivity contribution >= 4 is 43.3 Å². The van der Waals surface area contributed by atoms with Crippen LogP contribution in [0.4, 0.5) is 5.69 Å². The second-order valence-corrected chi connectivity index (χ2v) is 8.79. The van der Waals surface area contributed by atoms with Crippen molar-refractivity contribution in [3.63, 3.8) is 0 Å². The van der Waals surface area contributed by atoms with Gasteiger partial charge in [-0.15, -0.1) is 0 Å². The van der Waals surface area contributed by atoms with Crippen molar-refractivity contribution in [1.29, 1.82) is 0 Å². The Morgan fingerprint density at radius 1 is 1.32 bits per heavy atom. The van der Waals surface area contributed by atoms with Gasteiger partial charge in [-0.3, -0.25) is 9.59 Å². The van der Waals surface area contributed by atoms with Crippen molar-refractivity contribution in [3.8, 4) is 0 Å². The van der Waals surface area contributed by atoms with Crippen LogP contribution in [0.5, 0.6) is 0 Å². The lowest BCUT2D eigenvalue weighted by atomic mass is 10.1. The highest BCUT2D eigenvalue weighted by molar-refractivity contribution is 9.10. The van der Waals surface area contributed by atoms with E-state index in [0.717, 1.165) is 12.8 Å². The van der Waals surface area contributed by atoms with E-state index < -0.39 is 21.7 Å². The molecule has 0 aromatic heterocycles. The summed E-state index contributed by atoms with van der Waals surface area (Å²) in [7, 11) is -2.24. The SMILES string of the molecule is CCN1C(=O)C(=O)c2cc(S(=O)(=O)N3CCC[C@H]3COC)cc(Br)c21. The number of ether oxygens (including phenoxy) is 1. The number of rotatable bonds is 5. The van der Waals surface area contributed by atoms with Crippen molar-refractivity contribution in [2.75, 3.05) is 31.7 Å². The molecule has 2 aliphatic rings. The summed E-state index contributed by atoms with van der Waals surface area (Å²) in [5.41, 5.74) is 0.564. The third-order valence-electron chi connectivity index (χ3n) is 4.60. The van der Waals surface area contributed by atoms with E-state index in [0.29, 0.717) is 29.9 Å². The van der Waals surface area contributed by atoms with Crippen LogP contribution in [0.1, 0.15) is 30.1 Å². The highest BCUT2D eigenvalue weighted by atomic mass is 79.9. The summed E-state index contributed by atoms with van der Waals surface area (Å²) in [6.45, 7) is 2.84. The first-order chi connectivity index (χ1) is 11.8. The van der Waals surface area contributed by atoms with Gasteiger partial charge in [0.05, 0.1) is 22.8 Å². The zero-order valence-electron chi connectivity index (χ0n) is 14.0. The molecule has 1 aromatic carbocycles. The maximum absolute atomic E-state index is 13.1. The maximum Gasteiger partial charge on any atom is 0.299 e. The van der Waals surface area contributed by atoms with Gasteiger partial charge in [-0.25, -0.2) is 8.42 Å². The zero-order chi connectivity index (χ0) is 18.4. The van der Waals surface area contributed by atoms with E-state index in [2.05, 4.69) is 15.9 Å². The fourth-order valence-corrected chi connectivity index (χ4v) is 5.99. The highest BCUT2D eigenvalue weighted by Crippen LogP contribution is 2.39. The number of hydrogen-bond donors (Lipinski definition) is 0. The monoisotopic (exact) mass is 430 g/mol. The molecule has 1 aromatic rings. The third-order valence-corrected chi connectivity index (χ3v) is 7.13. The number of amides is 1. The van der Waals surface area contributed by atoms with E-state index in [4.69, 9.17) is 4.74 Å². The molecule has 25 heavy (non-hydrogen) atoms. The number of fused-ring (bicyclic) bond motifs is 1. The molecule has 9 heteroatoms. The van der Waals surface area contributed by atoms with Crippen LogP contribution in [0, 0.1) is 0 Å². The lowest BCUT2D eigenvalue weighted by Crippen LogP contribution is -2.38. The van der Waals surface area contributed by atoms with E-state index in [1.165, 1.54) is 21.3 Å². The minimum atomic E-state index is -3.78. The number of Topliss-reactive ketones (excluding diaryl/α,β-unsaturated/α-hetero) is 1. The summed E-state index contributed by atoms with van der Waals surface area (Å²) in [6.07, 6.45) is 1.50. The lowest BCUT2D eigenvalue weighted by Gasteiger charge is -2.24. The molecular weight excluding hydrogens is 412 g/mol. The number of anilines is 1. The van der Waals surface area contributed by atoms with Crippen LogP contribution in [0.15, 0.2) is 21.5 Å². The van der Waals surface area contributed by atoms with Gasteiger partial charge < -0.3 is 9.64 Å². The summed E-state index contributed by atoms with van der Waals surface area (Å²) < 4.78 is 33.1. The van der Waals surface area contributed by atoms with Crippen molar-refractivity contribution in [1.82, 2.24) is 4.31 Å². The zero-order valence-corrected chi connectivity index (χ0v) is 16.4. The van der Waals surface area contributed by atoms with Crippen molar-refractivity contribution < 1.29 is 22.7 Å². The average molecular weight is 431 g/mol. The molecule has 0 spiro atoms. The van der Waals surface area contributed by atoms with Crippen molar-refractivity contribution in [2.24, 2.45) is 0 Å². The standard InChI is InChI=1S/C16H19BrN2O5S/c1-3-18-14-12(15(20)16(18)21)7-11(8-13(14)17)25(22,23)19-6-4-5-10(19)9-24-2/h7-8,10H,3-6,9H2,1-2H3/t10-/m0/s1. The maximum atomic E-state index is 13.1. The number of benzene rings is 1. The molecule has 0 radical (unpaired) electrons. The summed E-state index contributed by atoms with van der Waals surface area (Å²) in [5, 5.41) is 0. The molecule has 0 unspecified atom stereocenters. The average Bonchev–Trinajstić information content (AvgIpc) is 3.13. The molecule has 1 amide bonds. The molecule has 0 aliphatic carbocycles. The number of halogens is 1. The largest absolute Gasteiger partial charge is 0.383 e. The van der Waals surface area contributed by atoms with Gasteiger partial charge in [-0.1, -0.05) is 0 Å². The van der Waals surface area contributed by atoms with E-state index >= 15 is 0 Å². The van der Waals surface area contributed by atoms with E-state index in [-0.39, 0.29) is 16.5 Å². The van der Waals surface area contributed by atoms with Crippen LogP contribution in [-0.4, -0.2) is 57.3 Å². The minimum Gasteiger partial charge on any atom is -0.383 e. The van der Waals surface area contributed by atoms with Crippen LogP contribution in [0.2, 0.25) is 0 Å². The summed E-state index contributed by atoms with van der Waals surface area (Å²) in [4.78, 5) is 25.7. The predicted octanol–water partition coefficient (Wildman–Crippen LogP) is 1.80. The molecule has 2 heterocycles. The van der Waals surface area contributed by atoms with Crippen LogP contribution in [-0.2, 0) is 19.6 Å². The molecule has 0 bridgehead atoms. The Morgan fingerprint density at radius 2 is 2.04 bits per heavy atom. The molecule has 0 N–H and O–H groups in total. The van der Waals surface area contributed by atoms with Gasteiger partial charge >= 0.3 is 0 Å². The molecule has 1 atom stereocenters. The minimum absolute atomic E-state index is 0.0141. The van der Waals surface area contributed by atoms with Crippen molar-refractivity contribution in [3.05, 3.63) is 22.2 Å². The molecule has 0 saturated carbocycles. The van der Waals surface area contributed by atoms with E-state index in [9.17, 15) is 18.0 Å². The first-order valence-corrected chi connectivity index (χ1v) is 10.3. The molecule has 1 saturated heterocycles. The van der Waals surface area contributed by atoms with Gasteiger partial charge in [0.25, 0.3) is 11.7 Å². The predicted molar refractivity (Wildman–Crippen MR) is 95.3 cm³/mol. The molecule has 136 valence electrons. The Kier molecular flexibility index (Phi) is 5.02. The second kappa shape index (κ2) is 6.79. The number of hydrogen-bond acceptors (Lipinski definition) is 5. The summed E-state index contributed by atoms with van der Waals surface area (Å²) in [5.74, 6) is -1.31. The van der Waals surface area contributed by atoms with Gasteiger partial charge in [0, 0.05) is 30.7 Å². The van der Waals surface area contributed by atoms with Gasteiger partial charge in [0.15, 0.2) is 0 Å². The Labute approximate surface area is 155 Å². The van der Waals surface area contributed by atoms with Crippen LogP contribution in [0.3, 0.4) is 0 Å². The van der Waals surface area contributed by atoms with Gasteiger partial charge in [-0.2, -0.15) is 4.31 Å². The first-order valence-electron chi connectivity index (χ1n) is 8.03. The Morgan fingerprint density at radius 3 is 2.68 bits per heavy atom. The molecular formula is C16H19BrN2O5S. The topological polar surface area (TPSA) is 84.0 Å². The number of nitrogens with zero attached hydrogens (tertiary/aromatic N) is 2. The molecule has 2 aliphatic heterocycles. The first kappa shape index (κ1) is 18.5. The molecule has 7 nitrogen and oxygen atoms in total. The third kappa shape index (κ3) is 2.92. The van der Waals surface area contributed by atoms with E-state index in [1.54, 1.807) is 14.0 Å². The fourth-order valence-electron chi connectivity index (χ4n) is 3.43. The normalized spacial score (nSPS) is 21.2. The van der Waals surface area contributed by atoms with Gasteiger partial charge in [0.2, 0.25) is 10.0 Å². The molecule has 3 rings (SSSR count). The van der Waals surface area contributed by atoms with E-state index in [1.807, 2.05) is 0 Å². The van der Waals surface area contributed by atoms with Crippen molar-refractivity contribution in [2.45, 2.75) is 30.7 Å². The smallest absolute Gasteiger partial charge is 0.299 e. The van der Waals surface area contributed by atoms with Gasteiger partial charge in [0.1, 0.15) is 0 Å². The Balaban J connectivity index is 2.06. The van der Waals surface area contributed by atoms with Crippen LogP contribution in [0.25, 0.3) is 0 Å².